The van der Waals surface area contributed by atoms with Gasteiger partial charge in [-0.15, -0.1) is 0 Å². The minimum atomic E-state index is -0.646. The predicted octanol–water partition coefficient (Wildman–Crippen LogP) is 7.89. The molecule has 5 aromatic carbocycles. The van der Waals surface area contributed by atoms with Crippen LogP contribution in [0.3, 0.4) is 0 Å². The number of anilines is 1. The Morgan fingerprint density at radius 1 is 0.727 bits per heavy atom. The Labute approximate surface area is 321 Å². The van der Waals surface area contributed by atoms with Crippen molar-refractivity contribution in [2.45, 2.75) is 69.4 Å². The van der Waals surface area contributed by atoms with E-state index in [1.54, 1.807) is 17.0 Å². The zero-order chi connectivity index (χ0) is 37.9. The van der Waals surface area contributed by atoms with Crippen LogP contribution in [0, 0.1) is 0 Å². The molecule has 3 atom stereocenters. The maximum Gasteiger partial charge on any atom is 0.255 e. The van der Waals surface area contributed by atoms with Gasteiger partial charge in [-0.3, -0.25) is 19.7 Å². The average molecular weight is 736 g/mol. The lowest BCUT2D eigenvalue weighted by molar-refractivity contribution is -0.136. The van der Waals surface area contributed by atoms with Crippen LogP contribution in [0.2, 0.25) is 0 Å². The largest absolute Gasteiger partial charge is 0.508 e. The van der Waals surface area contributed by atoms with E-state index in [0.29, 0.717) is 54.8 Å². The number of nitrogen functional groups attached to an aromatic ring is 1. The van der Waals surface area contributed by atoms with Crippen LogP contribution in [0.25, 0.3) is 11.1 Å². The van der Waals surface area contributed by atoms with Crippen molar-refractivity contribution in [2.75, 3.05) is 18.9 Å². The molecule has 280 valence electrons. The predicted molar refractivity (Wildman–Crippen MR) is 211 cm³/mol. The van der Waals surface area contributed by atoms with Crippen molar-refractivity contribution in [3.05, 3.63) is 143 Å². The summed E-state index contributed by atoms with van der Waals surface area (Å²) in [6, 6.07) is 35.8. The van der Waals surface area contributed by atoms with Crippen LogP contribution in [0.5, 0.6) is 17.2 Å². The number of nitrogens with zero attached hydrogens (tertiary/aromatic N) is 1. The SMILES string of the molecule is Nc1ccc(-c2ccc3c(c2)CN([C@H]2CCC(=O)NC2=O)C3=O)cc1OCCCCCOc1ccc(C2c3ccc(O)cc3CC[C@@H]2c2ccccc2)cc1. The third-order valence-corrected chi connectivity index (χ3v) is 11.2. The quantitative estimate of drug-likeness (QED) is 0.0675. The molecule has 0 spiro atoms. The summed E-state index contributed by atoms with van der Waals surface area (Å²) in [6.45, 7) is 1.45. The molecule has 0 radical (unpaired) electrons. The number of phenols is 1. The number of aryl methyl sites for hydroxylation is 1. The number of nitrogens with two attached hydrogens (primary N) is 1. The molecule has 8 rings (SSSR count). The van der Waals surface area contributed by atoms with E-state index in [0.717, 1.165) is 54.5 Å². The summed E-state index contributed by atoms with van der Waals surface area (Å²) in [5.41, 5.74) is 15.2. The van der Waals surface area contributed by atoms with Gasteiger partial charge in [0.15, 0.2) is 0 Å². The molecule has 5 aromatic rings. The number of fused-ring (bicyclic) bond motifs is 2. The Morgan fingerprint density at radius 2 is 1.49 bits per heavy atom. The fourth-order valence-electron chi connectivity index (χ4n) is 8.40. The number of piperidine rings is 1. The molecular formula is C46H45N3O6. The molecule has 3 aliphatic rings. The number of hydrogen-bond donors (Lipinski definition) is 3. The van der Waals surface area contributed by atoms with Crippen LogP contribution < -0.4 is 20.5 Å². The molecule has 0 aromatic heterocycles. The molecule has 1 fully saturated rings. The van der Waals surface area contributed by atoms with Crippen LogP contribution in [0.1, 0.15) is 88.5 Å². The lowest BCUT2D eigenvalue weighted by atomic mass is 9.69. The van der Waals surface area contributed by atoms with E-state index in [1.165, 1.54) is 22.3 Å². The van der Waals surface area contributed by atoms with Crippen molar-refractivity contribution in [3.63, 3.8) is 0 Å². The summed E-state index contributed by atoms with van der Waals surface area (Å²) in [5, 5.41) is 12.5. The number of ether oxygens (including phenoxy) is 2. The van der Waals surface area contributed by atoms with E-state index >= 15 is 0 Å². The third kappa shape index (κ3) is 7.65. The highest BCUT2D eigenvalue weighted by molar-refractivity contribution is 6.05. The molecular weight excluding hydrogens is 691 g/mol. The van der Waals surface area contributed by atoms with Crippen molar-refractivity contribution in [2.24, 2.45) is 0 Å². The number of carbonyl (C=O) groups is 3. The van der Waals surface area contributed by atoms with Gasteiger partial charge in [-0.2, -0.15) is 0 Å². The van der Waals surface area contributed by atoms with Crippen LogP contribution in [0.15, 0.2) is 109 Å². The number of aromatic hydroxyl groups is 1. The van der Waals surface area contributed by atoms with E-state index in [2.05, 4.69) is 66.0 Å². The number of nitrogens with one attached hydrogen (secondary N) is 1. The second-order valence-corrected chi connectivity index (χ2v) is 14.8. The van der Waals surface area contributed by atoms with Gasteiger partial charge < -0.3 is 25.2 Å². The lowest BCUT2D eigenvalue weighted by Crippen LogP contribution is -2.52. The Morgan fingerprint density at radius 3 is 2.29 bits per heavy atom. The molecule has 9 nitrogen and oxygen atoms in total. The minimum absolute atomic E-state index is 0.192. The van der Waals surface area contributed by atoms with Crippen molar-refractivity contribution in [3.8, 4) is 28.4 Å². The highest BCUT2D eigenvalue weighted by Crippen LogP contribution is 2.47. The van der Waals surface area contributed by atoms with E-state index in [4.69, 9.17) is 15.2 Å². The minimum Gasteiger partial charge on any atom is -0.508 e. The molecule has 2 heterocycles. The Kier molecular flexibility index (Phi) is 10.3. The maximum atomic E-state index is 13.1. The normalized spacial score (nSPS) is 19.1. The first-order valence-electron chi connectivity index (χ1n) is 19.2. The number of amides is 3. The van der Waals surface area contributed by atoms with Crippen LogP contribution >= 0.6 is 0 Å². The summed E-state index contributed by atoms with van der Waals surface area (Å²) < 4.78 is 12.3. The molecule has 3 amide bonds. The Bertz CT molecular complexity index is 2220. The van der Waals surface area contributed by atoms with Gasteiger partial charge in [0.05, 0.1) is 18.9 Å². The monoisotopic (exact) mass is 735 g/mol. The number of phenolic OH excluding ortho intramolecular Hbond substituents is 1. The van der Waals surface area contributed by atoms with Gasteiger partial charge in [0.25, 0.3) is 5.91 Å². The van der Waals surface area contributed by atoms with E-state index in [1.807, 2.05) is 36.4 Å². The van der Waals surface area contributed by atoms with Gasteiger partial charge in [-0.1, -0.05) is 60.7 Å². The fourth-order valence-corrected chi connectivity index (χ4v) is 8.40. The summed E-state index contributed by atoms with van der Waals surface area (Å²) >= 11 is 0. The molecule has 2 aliphatic heterocycles. The van der Waals surface area contributed by atoms with Crippen molar-refractivity contribution in [1.29, 1.82) is 0 Å². The molecule has 0 bridgehead atoms. The van der Waals surface area contributed by atoms with Gasteiger partial charge in [0, 0.05) is 24.4 Å². The van der Waals surface area contributed by atoms with E-state index in [9.17, 15) is 19.5 Å². The molecule has 0 saturated carbocycles. The second-order valence-electron chi connectivity index (χ2n) is 14.8. The van der Waals surface area contributed by atoms with Crippen LogP contribution in [-0.4, -0.2) is 47.0 Å². The summed E-state index contributed by atoms with van der Waals surface area (Å²) in [7, 11) is 0. The van der Waals surface area contributed by atoms with Crippen LogP contribution in [0.4, 0.5) is 5.69 Å². The third-order valence-electron chi connectivity index (χ3n) is 11.2. The smallest absolute Gasteiger partial charge is 0.255 e. The highest BCUT2D eigenvalue weighted by atomic mass is 16.5. The van der Waals surface area contributed by atoms with Crippen molar-refractivity contribution >= 4 is 23.4 Å². The first-order valence-corrected chi connectivity index (χ1v) is 19.2. The van der Waals surface area contributed by atoms with Crippen molar-refractivity contribution in [1.82, 2.24) is 10.2 Å². The maximum absolute atomic E-state index is 13.1. The molecule has 4 N–H and O–H groups in total. The first-order chi connectivity index (χ1) is 26.8. The van der Waals surface area contributed by atoms with Crippen LogP contribution in [-0.2, 0) is 22.6 Å². The zero-order valence-electron chi connectivity index (χ0n) is 30.7. The molecule has 1 aliphatic carbocycles. The fraction of sp³-hybridized carbons (Fsp3) is 0.283. The number of carbonyl (C=O) groups excluding carboxylic acids is 3. The summed E-state index contributed by atoms with van der Waals surface area (Å²) in [6.07, 6.45) is 5.20. The number of imide groups is 1. The van der Waals surface area contributed by atoms with E-state index in [-0.39, 0.29) is 24.2 Å². The second kappa shape index (κ2) is 15.7. The van der Waals surface area contributed by atoms with E-state index < -0.39 is 11.9 Å². The highest BCUT2D eigenvalue weighted by Gasteiger charge is 2.39. The summed E-state index contributed by atoms with van der Waals surface area (Å²) in [4.78, 5) is 38.7. The molecule has 9 heteroatoms. The lowest BCUT2D eigenvalue weighted by Gasteiger charge is -2.34. The molecule has 1 saturated heterocycles. The first kappa shape index (κ1) is 35.9. The number of unbranched alkanes of at least 4 members (excludes halogenated alkanes) is 2. The molecule has 1 unspecified atom stereocenters. The van der Waals surface area contributed by atoms with Gasteiger partial charge in [-0.05, 0) is 132 Å². The molecule has 55 heavy (non-hydrogen) atoms. The topological polar surface area (TPSA) is 131 Å². The average Bonchev–Trinajstić information content (AvgIpc) is 3.53. The number of rotatable bonds is 12. The Hall–Kier alpha value is -6.09. The number of hydrogen-bond acceptors (Lipinski definition) is 7. The Balaban J connectivity index is 0.824. The van der Waals surface area contributed by atoms with Crippen molar-refractivity contribution < 1.29 is 29.0 Å². The van der Waals surface area contributed by atoms with Gasteiger partial charge >= 0.3 is 0 Å². The van der Waals surface area contributed by atoms with Gasteiger partial charge in [0.2, 0.25) is 11.8 Å². The standard InChI is InChI=1S/C46H45N3O6/c47-40-20-13-32(31-11-18-39-34(25-31)28-49(46(39)53)41-21-22-43(51)48-45(41)52)27-42(40)55-24-6-2-5-23-54-36-15-9-30(10-16-36)44-37(29-7-3-1-4-8-29)17-12-33-26-35(50)14-19-38(33)44/h1,3-4,7-11,13-16,18-20,25-27,37,41,44,50H,2,5-6,12,17,21-24,28,47H2,(H,48,51,52)/t37-,41+,44?/m1/s1. The van der Waals surface area contributed by atoms with Gasteiger partial charge in [0.1, 0.15) is 23.3 Å². The van der Waals surface area contributed by atoms with Gasteiger partial charge in [-0.25, -0.2) is 0 Å². The zero-order valence-corrected chi connectivity index (χ0v) is 30.7. The summed E-state index contributed by atoms with van der Waals surface area (Å²) in [5.74, 6) is 1.43. The number of benzene rings is 5.